The quantitative estimate of drug-likeness (QED) is 0.495. The van der Waals surface area contributed by atoms with Gasteiger partial charge in [0.25, 0.3) is 0 Å². The molecule has 1 nitrogen and oxygen atoms in total. The molecule has 0 aliphatic heterocycles. The number of ether oxygens (including phenoxy) is 1. The molecule has 0 atom stereocenters. The fraction of sp³-hybridized carbons (Fsp3) is 1.00. The maximum Gasteiger partial charge on any atom is 0.117 e. The largest absolute Gasteiger partial charge is 0.364 e. The topological polar surface area (TPSA) is 9.23 Å². The molecule has 0 fully saturated rings. The molecular formula is C7H15BrO. The van der Waals surface area contributed by atoms with Crippen molar-refractivity contribution in [2.24, 2.45) is 0 Å². The molecule has 0 aliphatic carbocycles. The normalized spacial score (nSPS) is 12.0. The first-order valence-corrected chi connectivity index (χ1v) is 4.18. The number of rotatable bonds is 4. The molecule has 0 N–H and O–H groups in total. The summed E-state index contributed by atoms with van der Waals surface area (Å²) in [6, 6.07) is 0. The summed E-state index contributed by atoms with van der Waals surface area (Å²) in [4.78, 5) is 0. The Labute approximate surface area is 65.9 Å². The van der Waals surface area contributed by atoms with E-state index in [4.69, 9.17) is 4.74 Å². The van der Waals surface area contributed by atoms with Crippen LogP contribution >= 0.6 is 15.9 Å². The van der Waals surface area contributed by atoms with Crippen LogP contribution in [-0.4, -0.2) is 11.1 Å². The maximum atomic E-state index is 5.39. The van der Waals surface area contributed by atoms with E-state index in [1.165, 1.54) is 6.42 Å². The van der Waals surface area contributed by atoms with Crippen LogP contribution in [0.5, 0.6) is 0 Å². The lowest BCUT2D eigenvalue weighted by molar-refractivity contribution is 0.0561. The fourth-order valence-electron chi connectivity index (χ4n) is 0.459. The predicted molar refractivity (Wildman–Crippen MR) is 43.9 cm³/mol. The van der Waals surface area contributed by atoms with Crippen molar-refractivity contribution in [2.45, 2.75) is 38.1 Å². The van der Waals surface area contributed by atoms with Gasteiger partial charge >= 0.3 is 0 Å². The molecule has 0 amide bonds. The van der Waals surface area contributed by atoms with Crippen molar-refractivity contribution in [2.75, 3.05) is 6.61 Å². The van der Waals surface area contributed by atoms with Gasteiger partial charge in [0.2, 0.25) is 0 Å². The summed E-state index contributed by atoms with van der Waals surface area (Å²) >= 11 is 3.39. The molecular weight excluding hydrogens is 180 g/mol. The second kappa shape index (κ2) is 4.29. The second-order valence-corrected chi connectivity index (χ2v) is 4.48. The van der Waals surface area contributed by atoms with Gasteiger partial charge in [0, 0.05) is 6.61 Å². The number of halogens is 1. The predicted octanol–water partition coefficient (Wildman–Crippen LogP) is 2.93. The molecule has 0 bridgehead atoms. The van der Waals surface area contributed by atoms with Crippen LogP contribution in [0.4, 0.5) is 0 Å². The van der Waals surface area contributed by atoms with E-state index in [1.54, 1.807) is 0 Å². The molecule has 2 heteroatoms. The van der Waals surface area contributed by atoms with Crippen molar-refractivity contribution in [3.8, 4) is 0 Å². The average molecular weight is 195 g/mol. The van der Waals surface area contributed by atoms with E-state index < -0.39 is 0 Å². The van der Waals surface area contributed by atoms with Gasteiger partial charge < -0.3 is 4.74 Å². The standard InChI is InChI=1S/C7H15BrO/c1-4-5-6-9-7(2,3)8/h4-6H2,1-3H3. The third kappa shape index (κ3) is 8.44. The van der Waals surface area contributed by atoms with Gasteiger partial charge in [0.15, 0.2) is 0 Å². The Kier molecular flexibility index (Phi) is 4.50. The molecule has 0 aromatic heterocycles. The molecule has 0 heterocycles. The van der Waals surface area contributed by atoms with Gasteiger partial charge in [-0.15, -0.1) is 0 Å². The lowest BCUT2D eigenvalue weighted by Gasteiger charge is -2.16. The minimum atomic E-state index is -0.137. The zero-order valence-electron chi connectivity index (χ0n) is 6.41. The molecule has 0 saturated carbocycles. The van der Waals surface area contributed by atoms with Gasteiger partial charge in [-0.25, -0.2) is 0 Å². The summed E-state index contributed by atoms with van der Waals surface area (Å²) in [5.74, 6) is 0. The molecule has 9 heavy (non-hydrogen) atoms. The molecule has 0 aromatic rings. The zero-order chi connectivity index (χ0) is 7.33. The molecule has 0 aliphatic rings. The van der Waals surface area contributed by atoms with Gasteiger partial charge in [-0.1, -0.05) is 29.3 Å². The molecule has 0 unspecified atom stereocenters. The molecule has 0 saturated heterocycles. The van der Waals surface area contributed by atoms with E-state index in [1.807, 2.05) is 13.8 Å². The molecule has 0 radical (unpaired) electrons. The van der Waals surface area contributed by atoms with Crippen molar-refractivity contribution >= 4 is 15.9 Å². The number of hydrogen-bond acceptors (Lipinski definition) is 1. The highest BCUT2D eigenvalue weighted by Gasteiger charge is 2.10. The summed E-state index contributed by atoms with van der Waals surface area (Å²) in [5, 5.41) is 0. The van der Waals surface area contributed by atoms with Crippen molar-refractivity contribution in [1.82, 2.24) is 0 Å². The minimum absolute atomic E-state index is 0.137. The molecule has 0 spiro atoms. The second-order valence-electron chi connectivity index (χ2n) is 2.57. The maximum absolute atomic E-state index is 5.39. The van der Waals surface area contributed by atoms with Crippen LogP contribution in [-0.2, 0) is 4.74 Å². The van der Waals surface area contributed by atoms with Crippen LogP contribution in [0.25, 0.3) is 0 Å². The van der Waals surface area contributed by atoms with Gasteiger partial charge in [-0.3, -0.25) is 0 Å². The van der Waals surface area contributed by atoms with Crippen LogP contribution < -0.4 is 0 Å². The summed E-state index contributed by atoms with van der Waals surface area (Å²) in [6.45, 7) is 7.02. The van der Waals surface area contributed by atoms with E-state index >= 15 is 0 Å². The first kappa shape index (κ1) is 9.44. The number of hydrogen-bond donors (Lipinski definition) is 0. The molecule has 56 valence electrons. The minimum Gasteiger partial charge on any atom is -0.364 e. The highest BCUT2D eigenvalue weighted by atomic mass is 79.9. The number of unbranched alkanes of at least 4 members (excludes halogenated alkanes) is 1. The van der Waals surface area contributed by atoms with E-state index in [2.05, 4.69) is 22.9 Å². The van der Waals surface area contributed by atoms with Crippen molar-refractivity contribution in [3.63, 3.8) is 0 Å². The Morgan fingerprint density at radius 1 is 1.44 bits per heavy atom. The van der Waals surface area contributed by atoms with Gasteiger partial charge in [-0.2, -0.15) is 0 Å². The summed E-state index contributed by atoms with van der Waals surface area (Å²) < 4.78 is 5.25. The van der Waals surface area contributed by atoms with E-state index in [0.29, 0.717) is 0 Å². The Morgan fingerprint density at radius 2 is 2.00 bits per heavy atom. The summed E-state index contributed by atoms with van der Waals surface area (Å²) in [6.07, 6.45) is 2.35. The van der Waals surface area contributed by atoms with Crippen molar-refractivity contribution < 1.29 is 4.74 Å². The van der Waals surface area contributed by atoms with Crippen molar-refractivity contribution in [1.29, 1.82) is 0 Å². The highest BCUT2D eigenvalue weighted by Crippen LogP contribution is 2.17. The Bertz CT molecular complexity index is 65.8. The Morgan fingerprint density at radius 3 is 2.33 bits per heavy atom. The van der Waals surface area contributed by atoms with E-state index in [0.717, 1.165) is 13.0 Å². The van der Waals surface area contributed by atoms with Crippen LogP contribution in [0.2, 0.25) is 0 Å². The zero-order valence-corrected chi connectivity index (χ0v) is 7.99. The summed E-state index contributed by atoms with van der Waals surface area (Å²) in [7, 11) is 0. The van der Waals surface area contributed by atoms with Gasteiger partial charge in [0.1, 0.15) is 4.51 Å². The van der Waals surface area contributed by atoms with Crippen LogP contribution in [0.3, 0.4) is 0 Å². The monoisotopic (exact) mass is 194 g/mol. The third-order valence-electron chi connectivity index (χ3n) is 0.943. The fourth-order valence-corrected chi connectivity index (χ4v) is 0.621. The average Bonchev–Trinajstić information content (AvgIpc) is 1.63. The van der Waals surface area contributed by atoms with Crippen molar-refractivity contribution in [3.05, 3.63) is 0 Å². The smallest absolute Gasteiger partial charge is 0.117 e. The SMILES string of the molecule is CCCCOC(C)(C)Br. The highest BCUT2D eigenvalue weighted by molar-refractivity contribution is 9.10. The van der Waals surface area contributed by atoms with Gasteiger partial charge in [0.05, 0.1) is 0 Å². The Hall–Kier alpha value is 0.440. The van der Waals surface area contributed by atoms with E-state index in [9.17, 15) is 0 Å². The first-order chi connectivity index (χ1) is 4.06. The lowest BCUT2D eigenvalue weighted by Crippen LogP contribution is -2.15. The summed E-state index contributed by atoms with van der Waals surface area (Å²) in [5.41, 5.74) is 0. The Balaban J connectivity index is 3.07. The molecule has 0 aromatic carbocycles. The molecule has 0 rings (SSSR count). The van der Waals surface area contributed by atoms with Gasteiger partial charge in [-0.05, 0) is 20.3 Å². The lowest BCUT2D eigenvalue weighted by atomic mass is 10.3. The van der Waals surface area contributed by atoms with Crippen LogP contribution in [0.15, 0.2) is 0 Å². The van der Waals surface area contributed by atoms with Crippen LogP contribution in [0, 0.1) is 0 Å². The number of alkyl halides is 1. The van der Waals surface area contributed by atoms with E-state index in [-0.39, 0.29) is 4.51 Å². The third-order valence-corrected chi connectivity index (χ3v) is 1.17. The van der Waals surface area contributed by atoms with Crippen LogP contribution in [0.1, 0.15) is 33.6 Å². The first-order valence-electron chi connectivity index (χ1n) is 3.39.